The molecule has 0 bridgehead atoms. The lowest BCUT2D eigenvalue weighted by Gasteiger charge is -2.32. The summed E-state index contributed by atoms with van der Waals surface area (Å²) in [6.45, 7) is 5.79. The molecular weight excluding hydrogens is 234 g/mol. The lowest BCUT2D eigenvalue weighted by Crippen LogP contribution is -2.48. The number of hydrogen-bond donors (Lipinski definition) is 2. The van der Waals surface area contributed by atoms with Crippen molar-refractivity contribution in [2.45, 2.75) is 51.0 Å². The molecule has 2 heteroatoms. The largest absolute Gasteiger partial charge is 0.394 e. The average Bonchev–Trinajstić information content (AvgIpc) is 2.89. The Morgan fingerprint density at radius 2 is 1.79 bits per heavy atom. The molecule has 106 valence electrons. The van der Waals surface area contributed by atoms with Crippen LogP contribution in [0.1, 0.15) is 51.0 Å². The highest BCUT2D eigenvalue weighted by Gasteiger charge is 2.33. The second kappa shape index (κ2) is 6.53. The van der Waals surface area contributed by atoms with Crippen LogP contribution in [-0.2, 0) is 0 Å². The van der Waals surface area contributed by atoms with Crippen LogP contribution in [0, 0.1) is 5.92 Å². The first kappa shape index (κ1) is 14.5. The molecule has 1 unspecified atom stereocenters. The molecule has 1 aliphatic carbocycles. The maximum absolute atomic E-state index is 9.68. The van der Waals surface area contributed by atoms with Crippen LogP contribution < -0.4 is 5.32 Å². The van der Waals surface area contributed by atoms with E-state index in [2.05, 4.69) is 49.5 Å². The predicted octanol–water partition coefficient (Wildman–Crippen LogP) is 3.32. The Balaban J connectivity index is 2.02. The van der Waals surface area contributed by atoms with Crippen molar-refractivity contribution in [2.75, 3.05) is 13.2 Å². The monoisotopic (exact) mass is 261 g/mol. The molecule has 1 atom stereocenters. The topological polar surface area (TPSA) is 32.3 Å². The summed E-state index contributed by atoms with van der Waals surface area (Å²) >= 11 is 0. The van der Waals surface area contributed by atoms with E-state index >= 15 is 0 Å². The quantitative estimate of drug-likeness (QED) is 0.823. The molecule has 0 aromatic heterocycles. The van der Waals surface area contributed by atoms with E-state index in [1.54, 1.807) is 0 Å². The molecule has 1 aromatic rings. The minimum atomic E-state index is -0.0120. The Morgan fingerprint density at radius 1 is 1.16 bits per heavy atom. The zero-order valence-electron chi connectivity index (χ0n) is 12.2. The van der Waals surface area contributed by atoms with E-state index in [0.29, 0.717) is 11.8 Å². The summed E-state index contributed by atoms with van der Waals surface area (Å²) in [6.07, 6.45) is 4.71. The Kier molecular flexibility index (Phi) is 5.00. The Hall–Kier alpha value is -0.860. The van der Waals surface area contributed by atoms with E-state index in [-0.39, 0.29) is 12.1 Å². The third kappa shape index (κ3) is 3.58. The van der Waals surface area contributed by atoms with Crippen molar-refractivity contribution in [1.82, 2.24) is 5.32 Å². The van der Waals surface area contributed by atoms with Crippen LogP contribution in [0.25, 0.3) is 0 Å². The van der Waals surface area contributed by atoms with Gasteiger partial charge in [0.15, 0.2) is 0 Å². The van der Waals surface area contributed by atoms with Crippen LogP contribution in [0.4, 0.5) is 0 Å². The van der Waals surface area contributed by atoms with Gasteiger partial charge in [0.2, 0.25) is 0 Å². The van der Waals surface area contributed by atoms with Crippen LogP contribution in [-0.4, -0.2) is 23.8 Å². The highest BCUT2D eigenvalue weighted by atomic mass is 16.3. The van der Waals surface area contributed by atoms with Crippen LogP contribution in [0.5, 0.6) is 0 Å². The predicted molar refractivity (Wildman–Crippen MR) is 80.3 cm³/mol. The zero-order valence-corrected chi connectivity index (χ0v) is 12.2. The molecule has 2 nitrogen and oxygen atoms in total. The molecule has 0 radical (unpaired) electrons. The van der Waals surface area contributed by atoms with Gasteiger partial charge in [-0.05, 0) is 30.2 Å². The molecule has 0 spiro atoms. The summed E-state index contributed by atoms with van der Waals surface area (Å²) in [5.41, 5.74) is 1.39. The first-order valence-corrected chi connectivity index (χ1v) is 7.58. The summed E-state index contributed by atoms with van der Waals surface area (Å²) in [6, 6.07) is 10.7. The van der Waals surface area contributed by atoms with E-state index in [1.165, 1.54) is 18.4 Å². The van der Waals surface area contributed by atoms with Gasteiger partial charge in [0.25, 0.3) is 0 Å². The van der Waals surface area contributed by atoms with Gasteiger partial charge < -0.3 is 10.4 Å². The van der Waals surface area contributed by atoms with Gasteiger partial charge >= 0.3 is 0 Å². The molecule has 1 aromatic carbocycles. The van der Waals surface area contributed by atoms with Gasteiger partial charge in [0.1, 0.15) is 0 Å². The highest BCUT2D eigenvalue weighted by molar-refractivity contribution is 5.20. The van der Waals surface area contributed by atoms with E-state index in [0.717, 1.165) is 19.4 Å². The summed E-state index contributed by atoms with van der Waals surface area (Å²) in [4.78, 5) is 0. The summed E-state index contributed by atoms with van der Waals surface area (Å²) in [5, 5.41) is 13.4. The average molecular weight is 261 g/mol. The lowest BCUT2D eigenvalue weighted by molar-refractivity contribution is 0.160. The normalized spacial score (nSPS) is 19.8. The van der Waals surface area contributed by atoms with E-state index in [9.17, 15) is 5.11 Å². The molecule has 0 amide bonds. The molecule has 1 fully saturated rings. The zero-order chi connectivity index (χ0) is 13.7. The molecule has 0 heterocycles. The van der Waals surface area contributed by atoms with Crippen molar-refractivity contribution in [3.63, 3.8) is 0 Å². The number of benzene rings is 1. The Bertz CT molecular complexity index is 368. The molecular formula is C17H27NO. The van der Waals surface area contributed by atoms with Crippen molar-refractivity contribution >= 4 is 0 Å². The number of aliphatic hydroxyl groups excluding tert-OH is 1. The standard InChI is InChI=1S/C17H27NO/c1-14(2)16(15-8-4-3-5-9-15)12-18-17(13-19)10-6-7-11-17/h3-5,8-9,14,16,18-19H,6-7,10-13H2,1-2H3. The van der Waals surface area contributed by atoms with Crippen LogP contribution in [0.3, 0.4) is 0 Å². The second-order valence-electron chi connectivity index (χ2n) is 6.29. The molecule has 19 heavy (non-hydrogen) atoms. The van der Waals surface area contributed by atoms with Crippen molar-refractivity contribution in [2.24, 2.45) is 5.92 Å². The Morgan fingerprint density at radius 3 is 2.32 bits per heavy atom. The minimum absolute atomic E-state index is 0.0120. The van der Waals surface area contributed by atoms with Gasteiger partial charge in [-0.15, -0.1) is 0 Å². The molecule has 1 saturated carbocycles. The first-order valence-electron chi connectivity index (χ1n) is 7.58. The van der Waals surface area contributed by atoms with E-state index in [1.807, 2.05) is 0 Å². The van der Waals surface area contributed by atoms with Gasteiger partial charge in [-0.3, -0.25) is 0 Å². The van der Waals surface area contributed by atoms with Crippen molar-refractivity contribution in [1.29, 1.82) is 0 Å². The fourth-order valence-corrected chi connectivity index (χ4v) is 3.21. The number of hydrogen-bond acceptors (Lipinski definition) is 2. The fourth-order valence-electron chi connectivity index (χ4n) is 3.21. The lowest BCUT2D eigenvalue weighted by atomic mass is 9.87. The fraction of sp³-hybridized carbons (Fsp3) is 0.647. The van der Waals surface area contributed by atoms with Crippen LogP contribution in [0.15, 0.2) is 30.3 Å². The van der Waals surface area contributed by atoms with Gasteiger partial charge in [-0.2, -0.15) is 0 Å². The summed E-state index contributed by atoms with van der Waals surface area (Å²) in [7, 11) is 0. The maximum Gasteiger partial charge on any atom is 0.0613 e. The van der Waals surface area contributed by atoms with Gasteiger partial charge in [0.05, 0.1) is 6.61 Å². The maximum atomic E-state index is 9.68. The van der Waals surface area contributed by atoms with E-state index in [4.69, 9.17) is 0 Å². The summed E-state index contributed by atoms with van der Waals surface area (Å²) in [5.74, 6) is 1.12. The third-order valence-corrected chi connectivity index (χ3v) is 4.59. The first-order chi connectivity index (χ1) is 9.17. The second-order valence-corrected chi connectivity index (χ2v) is 6.29. The number of aliphatic hydroxyl groups is 1. The van der Waals surface area contributed by atoms with Crippen molar-refractivity contribution in [3.05, 3.63) is 35.9 Å². The smallest absolute Gasteiger partial charge is 0.0613 e. The number of rotatable bonds is 6. The van der Waals surface area contributed by atoms with Gasteiger partial charge in [-0.1, -0.05) is 57.0 Å². The highest BCUT2D eigenvalue weighted by Crippen LogP contribution is 2.31. The third-order valence-electron chi connectivity index (χ3n) is 4.59. The van der Waals surface area contributed by atoms with Gasteiger partial charge in [-0.25, -0.2) is 0 Å². The Labute approximate surface area is 117 Å². The molecule has 0 saturated heterocycles. The molecule has 2 N–H and O–H groups in total. The van der Waals surface area contributed by atoms with Crippen LogP contribution >= 0.6 is 0 Å². The SMILES string of the molecule is CC(C)C(CNC1(CO)CCCC1)c1ccccc1. The van der Waals surface area contributed by atoms with Crippen molar-refractivity contribution in [3.8, 4) is 0 Å². The summed E-state index contributed by atoms with van der Waals surface area (Å²) < 4.78 is 0. The van der Waals surface area contributed by atoms with Crippen LogP contribution in [0.2, 0.25) is 0 Å². The van der Waals surface area contributed by atoms with Crippen molar-refractivity contribution < 1.29 is 5.11 Å². The van der Waals surface area contributed by atoms with Gasteiger partial charge in [0, 0.05) is 12.1 Å². The molecule has 0 aliphatic heterocycles. The van der Waals surface area contributed by atoms with E-state index < -0.39 is 0 Å². The number of nitrogens with one attached hydrogen (secondary N) is 1. The molecule has 2 rings (SSSR count). The molecule has 1 aliphatic rings. The minimum Gasteiger partial charge on any atom is -0.394 e.